The lowest BCUT2D eigenvalue weighted by molar-refractivity contribution is -0.130. The summed E-state index contributed by atoms with van der Waals surface area (Å²) in [5, 5.41) is 0. The maximum atomic E-state index is 12.5. The first-order valence-electron chi connectivity index (χ1n) is 7.39. The third-order valence-corrected chi connectivity index (χ3v) is 5.60. The van der Waals surface area contributed by atoms with Crippen molar-refractivity contribution in [2.24, 2.45) is 5.92 Å². The van der Waals surface area contributed by atoms with Crippen LogP contribution in [0, 0.1) is 5.92 Å². The highest BCUT2D eigenvalue weighted by molar-refractivity contribution is 7.88. The van der Waals surface area contributed by atoms with Crippen LogP contribution in [0.15, 0.2) is 12.2 Å². The third-order valence-electron chi connectivity index (χ3n) is 4.26. The summed E-state index contributed by atoms with van der Waals surface area (Å²) in [4.78, 5) is 26.4. The Bertz CT molecular complexity index is 590. The highest BCUT2D eigenvalue weighted by atomic mass is 35.5. The molecule has 0 unspecified atom stereocenters. The largest absolute Gasteiger partial charge is 0.333 e. The van der Waals surface area contributed by atoms with Crippen LogP contribution in [0.1, 0.15) is 26.2 Å². The Balaban J connectivity index is 2.34. The summed E-state index contributed by atoms with van der Waals surface area (Å²) in [5.41, 5.74) is 0. The summed E-state index contributed by atoms with van der Waals surface area (Å²) in [5.74, 6) is -0.795. The highest BCUT2D eigenvalue weighted by Gasteiger charge is 2.56. The van der Waals surface area contributed by atoms with Crippen molar-refractivity contribution in [1.29, 1.82) is 0 Å². The van der Waals surface area contributed by atoms with Gasteiger partial charge in [0, 0.05) is 18.5 Å². The summed E-state index contributed by atoms with van der Waals surface area (Å²) >= 11 is 5.55. The van der Waals surface area contributed by atoms with Gasteiger partial charge in [-0.3, -0.25) is 9.59 Å². The van der Waals surface area contributed by atoms with E-state index in [1.165, 1.54) is 6.08 Å². The summed E-state index contributed by atoms with van der Waals surface area (Å²) in [6.45, 7) is 2.40. The average Bonchev–Trinajstić information content (AvgIpc) is 2.95. The molecule has 2 rings (SSSR count). The van der Waals surface area contributed by atoms with Crippen LogP contribution in [0.4, 0.5) is 0 Å². The highest BCUT2D eigenvalue weighted by Crippen LogP contribution is 2.40. The lowest BCUT2D eigenvalue weighted by Gasteiger charge is -2.26. The number of nitrogens with zero attached hydrogens (tertiary/aromatic N) is 2. The predicted octanol–water partition coefficient (Wildman–Crippen LogP) is 0.969. The number of amides is 2. The second-order valence-electron chi connectivity index (χ2n) is 5.73. The molecule has 6 nitrogen and oxygen atoms in total. The number of hydrogen-bond acceptors (Lipinski definition) is 4. The van der Waals surface area contributed by atoms with Gasteiger partial charge in [-0.05, 0) is 12.8 Å². The molecule has 2 amide bonds. The van der Waals surface area contributed by atoms with Crippen molar-refractivity contribution in [1.82, 2.24) is 9.21 Å². The Hall–Kier alpha value is -1.08. The van der Waals surface area contributed by atoms with Crippen LogP contribution in [0.3, 0.4) is 0 Å². The number of sulfonamides is 1. The zero-order valence-corrected chi connectivity index (χ0v) is 14.3. The van der Waals surface area contributed by atoms with E-state index in [9.17, 15) is 18.0 Å². The average molecular weight is 349 g/mol. The summed E-state index contributed by atoms with van der Waals surface area (Å²) in [6.07, 6.45) is 5.83. The second kappa shape index (κ2) is 6.58. The van der Waals surface area contributed by atoms with Gasteiger partial charge in [-0.15, -0.1) is 11.6 Å². The minimum Gasteiger partial charge on any atom is -0.333 e. The minimum absolute atomic E-state index is 0.211. The molecule has 0 radical (unpaired) electrons. The number of halogens is 1. The van der Waals surface area contributed by atoms with E-state index in [-0.39, 0.29) is 23.7 Å². The van der Waals surface area contributed by atoms with Crippen LogP contribution >= 0.6 is 11.6 Å². The van der Waals surface area contributed by atoms with E-state index in [4.69, 9.17) is 11.6 Å². The molecule has 8 heteroatoms. The van der Waals surface area contributed by atoms with Crippen LogP contribution in [0.2, 0.25) is 0 Å². The topological polar surface area (TPSA) is 74.8 Å². The molecule has 2 aliphatic heterocycles. The number of likely N-dealkylation sites (tertiary alicyclic amines) is 1. The molecule has 2 fully saturated rings. The Labute approximate surface area is 136 Å². The quantitative estimate of drug-likeness (QED) is 0.548. The molecule has 0 aromatic rings. The van der Waals surface area contributed by atoms with Gasteiger partial charge in [0.1, 0.15) is 0 Å². The Morgan fingerprint density at radius 1 is 1.45 bits per heavy atom. The molecule has 0 N–H and O–H groups in total. The van der Waals surface area contributed by atoms with Gasteiger partial charge < -0.3 is 4.90 Å². The van der Waals surface area contributed by atoms with E-state index in [1.807, 2.05) is 6.92 Å². The molecule has 2 saturated heterocycles. The Morgan fingerprint density at radius 3 is 2.68 bits per heavy atom. The van der Waals surface area contributed by atoms with Crippen molar-refractivity contribution in [2.75, 3.05) is 18.7 Å². The van der Waals surface area contributed by atoms with Gasteiger partial charge in [-0.2, -0.15) is 0 Å². The van der Waals surface area contributed by atoms with Crippen LogP contribution in [-0.4, -0.2) is 60.2 Å². The van der Waals surface area contributed by atoms with E-state index in [0.717, 1.165) is 17.0 Å². The number of fused-ring (bicyclic) bond motifs is 1. The van der Waals surface area contributed by atoms with Crippen molar-refractivity contribution in [3.63, 3.8) is 0 Å². The lowest BCUT2D eigenvalue weighted by Crippen LogP contribution is -2.42. The second-order valence-corrected chi connectivity index (χ2v) is 7.90. The maximum Gasteiger partial charge on any atom is 0.246 e. The summed E-state index contributed by atoms with van der Waals surface area (Å²) in [6, 6.07) is -0.804. The van der Waals surface area contributed by atoms with Gasteiger partial charge in [0.05, 0.1) is 24.3 Å². The van der Waals surface area contributed by atoms with Gasteiger partial charge in [0.25, 0.3) is 0 Å². The Morgan fingerprint density at radius 2 is 2.14 bits per heavy atom. The zero-order chi connectivity index (χ0) is 16.5. The van der Waals surface area contributed by atoms with E-state index in [0.29, 0.717) is 19.4 Å². The van der Waals surface area contributed by atoms with Crippen LogP contribution in [0.25, 0.3) is 0 Å². The smallest absolute Gasteiger partial charge is 0.246 e. The van der Waals surface area contributed by atoms with E-state index < -0.39 is 22.0 Å². The number of carbonyl (C=O) groups excluding carboxylic acids is 2. The first kappa shape index (κ1) is 17.3. The summed E-state index contributed by atoms with van der Waals surface area (Å²) in [7, 11) is -3.62. The maximum absolute atomic E-state index is 12.5. The van der Waals surface area contributed by atoms with Crippen molar-refractivity contribution < 1.29 is 18.0 Å². The van der Waals surface area contributed by atoms with Gasteiger partial charge in [0.2, 0.25) is 21.8 Å². The lowest BCUT2D eigenvalue weighted by atomic mass is 9.94. The van der Waals surface area contributed by atoms with E-state index >= 15 is 0 Å². The molecule has 2 aliphatic rings. The zero-order valence-electron chi connectivity index (χ0n) is 12.7. The SMILES string of the molecule is CCC[C@H]1C(=O)N(S(C)(=O)=O)[C@H]2CCN(C(=O)/C=C/CCl)[C@H]12. The van der Waals surface area contributed by atoms with Gasteiger partial charge >= 0.3 is 0 Å². The molecular weight excluding hydrogens is 328 g/mol. The van der Waals surface area contributed by atoms with Crippen LogP contribution < -0.4 is 0 Å². The molecular formula is C14H21ClN2O4S. The monoisotopic (exact) mass is 348 g/mol. The molecule has 0 spiro atoms. The van der Waals surface area contributed by atoms with Crippen LogP contribution in [-0.2, 0) is 19.6 Å². The van der Waals surface area contributed by atoms with Gasteiger partial charge in [-0.1, -0.05) is 19.4 Å². The fourth-order valence-electron chi connectivity index (χ4n) is 3.53. The first-order chi connectivity index (χ1) is 10.3. The predicted molar refractivity (Wildman–Crippen MR) is 83.9 cm³/mol. The fraction of sp³-hybridized carbons (Fsp3) is 0.714. The van der Waals surface area contributed by atoms with Crippen LogP contribution in [0.5, 0.6) is 0 Å². The summed E-state index contributed by atoms with van der Waals surface area (Å²) < 4.78 is 24.9. The van der Waals surface area contributed by atoms with Crippen molar-refractivity contribution >= 4 is 33.4 Å². The number of carbonyl (C=O) groups is 2. The van der Waals surface area contributed by atoms with Crippen molar-refractivity contribution in [2.45, 2.75) is 38.3 Å². The van der Waals surface area contributed by atoms with E-state index in [2.05, 4.69) is 0 Å². The molecule has 3 atom stereocenters. The molecule has 0 bridgehead atoms. The van der Waals surface area contributed by atoms with E-state index in [1.54, 1.807) is 11.0 Å². The molecule has 0 aromatic heterocycles. The standard InChI is InChI=1S/C14H21ClN2O4S/c1-3-5-10-13-11(17(14(10)19)22(2,20)21)7-9-16(13)12(18)6-4-8-15/h4,6,10-11,13H,3,5,7-9H2,1-2H3/b6-4+/t10-,11+,13-/m1/s1. The molecule has 0 saturated carbocycles. The van der Waals surface area contributed by atoms with Gasteiger partial charge in [-0.25, -0.2) is 12.7 Å². The number of alkyl halides is 1. The normalized spacial score (nSPS) is 28.7. The Kier molecular flexibility index (Phi) is 5.17. The number of allylic oxidation sites excluding steroid dienone is 1. The minimum atomic E-state index is -3.62. The third kappa shape index (κ3) is 3.01. The molecule has 124 valence electrons. The molecule has 0 aliphatic carbocycles. The van der Waals surface area contributed by atoms with Crippen molar-refractivity contribution in [3.05, 3.63) is 12.2 Å². The van der Waals surface area contributed by atoms with Crippen molar-refractivity contribution in [3.8, 4) is 0 Å². The first-order valence-corrected chi connectivity index (χ1v) is 9.77. The van der Waals surface area contributed by atoms with Gasteiger partial charge in [0.15, 0.2) is 0 Å². The number of hydrogen-bond donors (Lipinski definition) is 0. The molecule has 2 heterocycles. The number of rotatable bonds is 5. The fourth-order valence-corrected chi connectivity index (χ4v) is 4.80. The molecule has 22 heavy (non-hydrogen) atoms. The molecule has 0 aromatic carbocycles.